The first-order valence-corrected chi connectivity index (χ1v) is 9.83. The Balaban J connectivity index is 1.60. The molecule has 5 heteroatoms. The number of hydrogen-bond acceptors (Lipinski definition) is 4. The lowest BCUT2D eigenvalue weighted by Gasteiger charge is -2.33. The van der Waals surface area contributed by atoms with Crippen molar-refractivity contribution in [1.82, 2.24) is 9.80 Å². The van der Waals surface area contributed by atoms with Gasteiger partial charge in [0.2, 0.25) is 5.91 Å². The van der Waals surface area contributed by atoms with Gasteiger partial charge in [-0.1, -0.05) is 29.8 Å². The average molecular weight is 358 g/mol. The quantitative estimate of drug-likeness (QED) is 0.760. The van der Waals surface area contributed by atoms with Gasteiger partial charge in [-0.25, -0.2) is 0 Å². The van der Waals surface area contributed by atoms with Crippen LogP contribution in [0.3, 0.4) is 0 Å². The van der Waals surface area contributed by atoms with Gasteiger partial charge in [-0.2, -0.15) is 0 Å². The van der Waals surface area contributed by atoms with Crippen molar-refractivity contribution in [2.45, 2.75) is 45.6 Å². The van der Waals surface area contributed by atoms with E-state index in [2.05, 4.69) is 36.1 Å². The van der Waals surface area contributed by atoms with Gasteiger partial charge in [-0.15, -0.1) is 0 Å². The van der Waals surface area contributed by atoms with E-state index in [-0.39, 0.29) is 17.8 Å². The lowest BCUT2D eigenvalue weighted by molar-refractivity contribution is -0.151. The molecule has 0 aliphatic carbocycles. The highest BCUT2D eigenvalue weighted by atomic mass is 16.5. The molecule has 2 unspecified atom stereocenters. The highest BCUT2D eigenvalue weighted by Crippen LogP contribution is 2.32. The Bertz CT molecular complexity index is 646. The summed E-state index contributed by atoms with van der Waals surface area (Å²) < 4.78 is 5.14. The van der Waals surface area contributed by atoms with Gasteiger partial charge < -0.3 is 9.64 Å². The summed E-state index contributed by atoms with van der Waals surface area (Å²) in [5.74, 6) is -0.193. The van der Waals surface area contributed by atoms with Crippen molar-refractivity contribution in [3.8, 4) is 0 Å². The van der Waals surface area contributed by atoms with Gasteiger partial charge in [0.15, 0.2) is 0 Å². The summed E-state index contributed by atoms with van der Waals surface area (Å²) in [5, 5.41) is 0. The fourth-order valence-electron chi connectivity index (χ4n) is 4.20. The molecule has 2 aliphatic rings. The Morgan fingerprint density at radius 1 is 1.19 bits per heavy atom. The number of likely N-dealkylation sites (tertiary alicyclic amines) is 2. The first-order valence-electron chi connectivity index (χ1n) is 9.83. The number of carbonyl (C=O) groups is 2. The second-order valence-corrected chi connectivity index (χ2v) is 7.47. The second-order valence-electron chi connectivity index (χ2n) is 7.47. The number of rotatable bonds is 5. The predicted octanol–water partition coefficient (Wildman–Crippen LogP) is 2.93. The van der Waals surface area contributed by atoms with Crippen LogP contribution in [0.25, 0.3) is 0 Å². The molecule has 2 atom stereocenters. The zero-order chi connectivity index (χ0) is 18.5. The Labute approximate surface area is 156 Å². The minimum atomic E-state index is -0.168. The standard InChI is InChI=1S/C21H30N2O3/c1-3-26-21(25)18-9-5-12-23(14-18)20(24)15-22-11-6-10-19(22)17-8-4-7-16(2)13-17/h4,7-8,13,18-19H,3,5-6,9-12,14-15H2,1-2H3. The molecule has 2 fully saturated rings. The van der Waals surface area contributed by atoms with Crippen molar-refractivity contribution < 1.29 is 14.3 Å². The third kappa shape index (κ3) is 4.44. The first-order chi connectivity index (χ1) is 12.6. The van der Waals surface area contributed by atoms with E-state index in [4.69, 9.17) is 4.74 Å². The van der Waals surface area contributed by atoms with E-state index in [0.717, 1.165) is 38.8 Å². The van der Waals surface area contributed by atoms with Crippen LogP contribution in [-0.4, -0.2) is 54.5 Å². The normalized spacial score (nSPS) is 23.8. The minimum absolute atomic E-state index is 0.138. The predicted molar refractivity (Wildman–Crippen MR) is 101 cm³/mol. The lowest BCUT2D eigenvalue weighted by atomic mass is 9.98. The molecular weight excluding hydrogens is 328 g/mol. The average Bonchev–Trinajstić information content (AvgIpc) is 3.10. The number of nitrogens with zero attached hydrogens (tertiary/aromatic N) is 2. The molecule has 2 heterocycles. The fraction of sp³-hybridized carbons (Fsp3) is 0.619. The largest absolute Gasteiger partial charge is 0.466 e. The molecule has 1 aromatic rings. The van der Waals surface area contributed by atoms with E-state index in [0.29, 0.717) is 25.7 Å². The number of hydrogen-bond donors (Lipinski definition) is 0. The molecule has 0 saturated carbocycles. The Morgan fingerprint density at radius 2 is 2.00 bits per heavy atom. The van der Waals surface area contributed by atoms with Crippen LogP contribution in [0.4, 0.5) is 0 Å². The molecule has 2 aliphatic heterocycles. The van der Waals surface area contributed by atoms with Gasteiger partial charge in [0.05, 0.1) is 19.1 Å². The van der Waals surface area contributed by atoms with Gasteiger partial charge in [0, 0.05) is 19.1 Å². The summed E-state index contributed by atoms with van der Waals surface area (Å²) in [6.45, 7) is 6.97. The lowest BCUT2D eigenvalue weighted by Crippen LogP contribution is -2.46. The summed E-state index contributed by atoms with van der Waals surface area (Å²) >= 11 is 0. The maximum Gasteiger partial charge on any atom is 0.310 e. The van der Waals surface area contributed by atoms with Crippen LogP contribution in [0.15, 0.2) is 24.3 Å². The molecule has 0 aromatic heterocycles. The number of esters is 1. The molecule has 0 bridgehead atoms. The van der Waals surface area contributed by atoms with Crippen LogP contribution in [0.2, 0.25) is 0 Å². The molecule has 3 rings (SSSR count). The topological polar surface area (TPSA) is 49.9 Å². The van der Waals surface area contributed by atoms with Gasteiger partial charge in [0.25, 0.3) is 0 Å². The third-order valence-corrected chi connectivity index (χ3v) is 5.52. The van der Waals surface area contributed by atoms with Crippen LogP contribution >= 0.6 is 0 Å². The first kappa shape index (κ1) is 18.9. The van der Waals surface area contributed by atoms with Crippen LogP contribution in [0.5, 0.6) is 0 Å². The molecule has 0 radical (unpaired) electrons. The van der Waals surface area contributed by atoms with Crippen LogP contribution in [0, 0.1) is 12.8 Å². The molecule has 0 spiro atoms. The highest BCUT2D eigenvalue weighted by molar-refractivity contribution is 5.80. The van der Waals surface area contributed by atoms with Crippen molar-refractivity contribution in [1.29, 1.82) is 0 Å². The third-order valence-electron chi connectivity index (χ3n) is 5.52. The van der Waals surface area contributed by atoms with Crippen LogP contribution in [0.1, 0.15) is 49.8 Å². The van der Waals surface area contributed by atoms with Crippen LogP contribution < -0.4 is 0 Å². The fourth-order valence-corrected chi connectivity index (χ4v) is 4.20. The SMILES string of the molecule is CCOC(=O)C1CCCN(C(=O)CN2CCCC2c2cccc(C)c2)C1. The number of carbonyl (C=O) groups excluding carboxylic acids is 2. The van der Waals surface area contributed by atoms with Crippen molar-refractivity contribution in [3.63, 3.8) is 0 Å². The van der Waals surface area contributed by atoms with E-state index < -0.39 is 0 Å². The van der Waals surface area contributed by atoms with E-state index in [1.165, 1.54) is 11.1 Å². The zero-order valence-corrected chi connectivity index (χ0v) is 15.9. The zero-order valence-electron chi connectivity index (χ0n) is 15.9. The number of piperidine rings is 1. The van der Waals surface area contributed by atoms with E-state index >= 15 is 0 Å². The van der Waals surface area contributed by atoms with E-state index in [1.54, 1.807) is 0 Å². The summed E-state index contributed by atoms with van der Waals surface area (Å²) in [7, 11) is 0. The summed E-state index contributed by atoms with van der Waals surface area (Å²) in [6, 6.07) is 8.92. The summed E-state index contributed by atoms with van der Waals surface area (Å²) in [4.78, 5) is 29.0. The summed E-state index contributed by atoms with van der Waals surface area (Å²) in [5.41, 5.74) is 2.56. The molecule has 1 aromatic carbocycles. The maximum absolute atomic E-state index is 12.9. The Hall–Kier alpha value is -1.88. The molecular formula is C21H30N2O3. The van der Waals surface area contributed by atoms with Gasteiger partial charge >= 0.3 is 5.97 Å². The van der Waals surface area contributed by atoms with Gasteiger partial charge in [-0.3, -0.25) is 14.5 Å². The van der Waals surface area contributed by atoms with Crippen molar-refractivity contribution >= 4 is 11.9 Å². The molecule has 142 valence electrons. The minimum Gasteiger partial charge on any atom is -0.466 e. The van der Waals surface area contributed by atoms with Crippen molar-refractivity contribution in [2.75, 3.05) is 32.8 Å². The highest BCUT2D eigenvalue weighted by Gasteiger charge is 2.32. The number of benzene rings is 1. The van der Waals surface area contributed by atoms with E-state index in [1.807, 2.05) is 11.8 Å². The Kier molecular flexibility index (Phi) is 6.30. The number of ether oxygens (including phenoxy) is 1. The molecule has 5 nitrogen and oxygen atoms in total. The molecule has 26 heavy (non-hydrogen) atoms. The van der Waals surface area contributed by atoms with Gasteiger partial charge in [0.1, 0.15) is 0 Å². The molecule has 2 saturated heterocycles. The maximum atomic E-state index is 12.9. The molecule has 0 N–H and O–H groups in total. The summed E-state index contributed by atoms with van der Waals surface area (Å²) in [6.07, 6.45) is 3.91. The number of aryl methyl sites for hydroxylation is 1. The smallest absolute Gasteiger partial charge is 0.310 e. The van der Waals surface area contributed by atoms with E-state index in [9.17, 15) is 9.59 Å². The monoisotopic (exact) mass is 358 g/mol. The molecule has 1 amide bonds. The van der Waals surface area contributed by atoms with Crippen molar-refractivity contribution in [3.05, 3.63) is 35.4 Å². The number of amides is 1. The van der Waals surface area contributed by atoms with Gasteiger partial charge in [-0.05, 0) is 51.6 Å². The van der Waals surface area contributed by atoms with Crippen LogP contribution in [-0.2, 0) is 14.3 Å². The second kappa shape index (κ2) is 8.67. The Morgan fingerprint density at radius 3 is 2.77 bits per heavy atom. The van der Waals surface area contributed by atoms with Crippen molar-refractivity contribution in [2.24, 2.45) is 5.92 Å².